The van der Waals surface area contributed by atoms with Gasteiger partial charge in [-0.05, 0) is 0 Å². The summed E-state index contributed by atoms with van der Waals surface area (Å²) in [5, 5.41) is 15.3. The molecule has 1 N–H and O–H groups in total. The third kappa shape index (κ3) is 119. The van der Waals surface area contributed by atoms with Gasteiger partial charge in [0.15, 0.2) is 0 Å². The van der Waals surface area contributed by atoms with Crippen LogP contribution in [0.5, 0.6) is 0 Å². The van der Waals surface area contributed by atoms with Crippen molar-refractivity contribution in [3.05, 3.63) is 0 Å². The first kappa shape index (κ1) is 33.2. The maximum absolute atomic E-state index is 8.44. The summed E-state index contributed by atoms with van der Waals surface area (Å²) >= 11 is 0. The smallest absolute Gasteiger partial charge is 0.565 e. The molecule has 0 fully saturated rings. The maximum atomic E-state index is 8.44. The molecule has 0 spiro atoms. The van der Waals surface area contributed by atoms with Crippen LogP contribution in [0.15, 0.2) is 0 Å². The van der Waals surface area contributed by atoms with Crippen molar-refractivity contribution >= 4 is 57.1 Å². The third-order valence-corrected chi connectivity index (χ3v) is 0. The van der Waals surface area contributed by atoms with Crippen molar-refractivity contribution < 1.29 is 44.6 Å². The number of halogens is 3. The fourth-order valence-corrected chi connectivity index (χ4v) is 0. The molecule has 48 valence electrons. The number of rotatable bonds is 0. The molecule has 0 amide bonds. The number of hydrogen-bond donors (Lipinski definition) is 1. The Morgan fingerprint density at radius 2 is 1.25 bits per heavy atom. The summed E-state index contributed by atoms with van der Waals surface area (Å²) in [5.41, 5.74) is 0. The van der Waals surface area contributed by atoms with Crippen LogP contribution in [0.2, 0.25) is 0 Å². The van der Waals surface area contributed by atoms with Gasteiger partial charge in [0.1, 0.15) is 0 Å². The van der Waals surface area contributed by atoms with E-state index < -0.39 is 6.16 Å². The van der Waals surface area contributed by atoms with E-state index in [-0.39, 0.29) is 80.5 Å². The molecule has 0 aromatic rings. The Kier molecular flexibility index (Phi) is 96.9. The third-order valence-electron chi connectivity index (χ3n) is 0. The minimum absolute atomic E-state index is 0. The Morgan fingerprint density at radius 3 is 1.25 bits per heavy atom. The Morgan fingerprint density at radius 1 is 1.25 bits per heavy atom. The minimum Gasteiger partial charge on any atom is -0.565 e. The molecular weight excluding hydrogens is 323 g/mol. The quantitative estimate of drug-likeness (QED) is 0.506. The first-order chi connectivity index (χ1) is 1.73. The molecule has 0 aliphatic rings. The summed E-state index contributed by atoms with van der Waals surface area (Å²) in [4.78, 5) is 8.44. The summed E-state index contributed by atoms with van der Waals surface area (Å²) in [5.74, 6) is 0. The van der Waals surface area contributed by atoms with Crippen LogP contribution in [-0.2, 0) is 0 Å². The molecule has 0 aromatic carbocycles. The fourth-order valence-electron chi connectivity index (χ4n) is 0. The Bertz CT molecular complexity index is 37.5. The van der Waals surface area contributed by atoms with Gasteiger partial charge in [-0.2, -0.15) is 0 Å². The molecule has 0 rings (SSSR count). The Labute approximate surface area is 100 Å². The average molecular weight is 327 g/mol. The summed E-state index contributed by atoms with van der Waals surface area (Å²) in [7, 11) is 0. The molecule has 3 nitrogen and oxygen atoms in total. The summed E-state index contributed by atoms with van der Waals surface area (Å²) in [6.07, 6.45) is -2.08. The van der Waals surface area contributed by atoms with E-state index in [1.165, 1.54) is 0 Å². The van der Waals surface area contributed by atoms with Crippen LogP contribution < -0.4 is 34.7 Å². The van der Waals surface area contributed by atoms with Gasteiger partial charge >= 0.3 is 29.6 Å². The normalized spacial score (nSPS) is 3.00. The van der Waals surface area contributed by atoms with Crippen LogP contribution >= 0.6 is 50.9 Å². The van der Waals surface area contributed by atoms with Gasteiger partial charge in [0.05, 0.1) is 0 Å². The largest absolute Gasteiger partial charge is 1.00 e. The topological polar surface area (TPSA) is 60.4 Å². The molecular formula is CH4Br3NaO3. The van der Waals surface area contributed by atoms with Crippen LogP contribution in [-0.4, -0.2) is 11.3 Å². The summed E-state index contributed by atoms with van der Waals surface area (Å²) < 4.78 is 0. The van der Waals surface area contributed by atoms with Crippen molar-refractivity contribution in [1.82, 2.24) is 0 Å². The maximum Gasteiger partial charge on any atom is 1.00 e. The standard InChI is InChI=1S/CH2O3.3BrH.Na/c2-1(3)4;;;;/h(H2,2,3,4);3*1H;/q;;;;+1/p-1. The molecule has 0 radical (unpaired) electrons. The predicted molar refractivity (Wildman–Crippen MR) is 39.0 cm³/mol. The fraction of sp³-hybridized carbons (Fsp3) is 0. The van der Waals surface area contributed by atoms with Crippen molar-refractivity contribution in [3.8, 4) is 0 Å². The first-order valence-corrected chi connectivity index (χ1v) is 0.632. The monoisotopic (exact) mass is 324 g/mol. The number of carbonyl (C=O) groups is 1. The average Bonchev–Trinajstić information content (AvgIpc) is 0.811. The van der Waals surface area contributed by atoms with E-state index in [1.54, 1.807) is 0 Å². The molecule has 0 aromatic heterocycles. The number of hydrogen-bond acceptors (Lipinski definition) is 2. The van der Waals surface area contributed by atoms with E-state index in [2.05, 4.69) is 0 Å². The van der Waals surface area contributed by atoms with Gasteiger partial charge in [0.2, 0.25) is 6.16 Å². The van der Waals surface area contributed by atoms with Crippen LogP contribution in [0.1, 0.15) is 0 Å². The second kappa shape index (κ2) is 23.3. The van der Waals surface area contributed by atoms with E-state index in [0.717, 1.165) is 0 Å². The van der Waals surface area contributed by atoms with E-state index >= 15 is 0 Å². The Balaban J connectivity index is -0.00000000750. The summed E-state index contributed by atoms with van der Waals surface area (Å²) in [6.45, 7) is 0. The van der Waals surface area contributed by atoms with Crippen molar-refractivity contribution in [3.63, 3.8) is 0 Å². The molecule has 0 unspecified atom stereocenters. The van der Waals surface area contributed by atoms with Crippen molar-refractivity contribution in [2.24, 2.45) is 0 Å². The summed E-state index contributed by atoms with van der Waals surface area (Å²) in [6, 6.07) is 0. The first-order valence-electron chi connectivity index (χ1n) is 0.632. The van der Waals surface area contributed by atoms with Crippen LogP contribution in [0, 0.1) is 0 Å². The Hall–Kier alpha value is 1.71. The zero-order valence-corrected chi connectivity index (χ0v) is 11.1. The van der Waals surface area contributed by atoms with E-state index in [1.807, 2.05) is 0 Å². The molecule has 0 atom stereocenters. The van der Waals surface area contributed by atoms with Crippen molar-refractivity contribution in [2.45, 2.75) is 0 Å². The van der Waals surface area contributed by atoms with Crippen molar-refractivity contribution in [2.75, 3.05) is 0 Å². The van der Waals surface area contributed by atoms with Gasteiger partial charge in [0, 0.05) is 0 Å². The molecule has 0 heterocycles. The second-order valence-corrected chi connectivity index (χ2v) is 0.266. The van der Waals surface area contributed by atoms with Gasteiger partial charge < -0.3 is 15.0 Å². The van der Waals surface area contributed by atoms with Crippen molar-refractivity contribution in [1.29, 1.82) is 0 Å². The van der Waals surface area contributed by atoms with Gasteiger partial charge in [-0.1, -0.05) is 0 Å². The molecule has 0 saturated heterocycles. The number of carboxylic acid groups (broad SMARTS) is 2. The molecule has 8 heavy (non-hydrogen) atoms. The van der Waals surface area contributed by atoms with E-state index in [9.17, 15) is 0 Å². The van der Waals surface area contributed by atoms with Crippen LogP contribution in [0.3, 0.4) is 0 Å². The van der Waals surface area contributed by atoms with Gasteiger partial charge in [-0.25, -0.2) is 0 Å². The SMILES string of the molecule is Br.Br.Br.O=C([O-])O.[Na+]. The molecule has 7 heteroatoms. The van der Waals surface area contributed by atoms with Gasteiger partial charge in [0.25, 0.3) is 0 Å². The van der Waals surface area contributed by atoms with Crippen LogP contribution in [0.25, 0.3) is 0 Å². The minimum atomic E-state index is -2.08. The zero-order chi connectivity index (χ0) is 3.58. The molecule has 0 aliphatic heterocycles. The van der Waals surface area contributed by atoms with E-state index in [4.69, 9.17) is 15.0 Å². The second-order valence-electron chi connectivity index (χ2n) is 0.266. The van der Waals surface area contributed by atoms with Gasteiger partial charge in [-0.15, -0.1) is 50.9 Å². The molecule has 0 aliphatic carbocycles. The molecule has 0 saturated carbocycles. The van der Waals surface area contributed by atoms with Crippen LogP contribution in [0.4, 0.5) is 4.79 Å². The van der Waals surface area contributed by atoms with E-state index in [0.29, 0.717) is 0 Å². The van der Waals surface area contributed by atoms with Gasteiger partial charge in [-0.3, -0.25) is 0 Å². The zero-order valence-electron chi connectivity index (χ0n) is 3.99. The molecule has 0 bridgehead atoms. The predicted octanol–water partition coefficient (Wildman–Crippen LogP) is -2.37.